The third-order valence-corrected chi connectivity index (χ3v) is 6.05. The molecule has 0 spiro atoms. The average Bonchev–Trinajstić information content (AvgIpc) is 3.30. The minimum absolute atomic E-state index is 0.186. The summed E-state index contributed by atoms with van der Waals surface area (Å²) in [5.74, 6) is 0.249. The Labute approximate surface area is 156 Å². The van der Waals surface area contributed by atoms with Gasteiger partial charge < -0.3 is 10.4 Å². The molecule has 0 radical (unpaired) electrons. The van der Waals surface area contributed by atoms with Crippen LogP contribution in [-0.2, 0) is 0 Å². The molecule has 2 N–H and O–H groups in total. The highest BCUT2D eigenvalue weighted by atomic mass is 16.3. The maximum Gasteiger partial charge on any atom is 0.254 e. The number of nitrogens with zero attached hydrogens (tertiary/aromatic N) is 4. The first-order valence-corrected chi connectivity index (χ1v) is 9.29. The highest BCUT2D eigenvalue weighted by Crippen LogP contribution is 2.50. The van der Waals surface area contributed by atoms with Crippen LogP contribution >= 0.6 is 0 Å². The normalized spacial score (nSPS) is 26.6. The molecule has 5 rings (SSSR count). The molecule has 2 saturated carbocycles. The number of benzene rings is 1. The van der Waals surface area contributed by atoms with Crippen molar-refractivity contribution in [1.29, 1.82) is 0 Å². The molecule has 7 heteroatoms. The number of rotatable bonds is 3. The van der Waals surface area contributed by atoms with Gasteiger partial charge in [0.25, 0.3) is 11.9 Å². The van der Waals surface area contributed by atoms with Crippen LogP contribution < -0.4 is 5.32 Å². The van der Waals surface area contributed by atoms with Crippen molar-refractivity contribution in [3.05, 3.63) is 47.9 Å². The van der Waals surface area contributed by atoms with Gasteiger partial charge in [-0.1, -0.05) is 18.2 Å². The molecule has 0 unspecified atom stereocenters. The van der Waals surface area contributed by atoms with Crippen molar-refractivity contribution < 1.29 is 9.90 Å². The first-order chi connectivity index (χ1) is 13.0. The Balaban J connectivity index is 1.39. The van der Waals surface area contributed by atoms with Crippen molar-refractivity contribution in [3.8, 4) is 5.95 Å². The highest BCUT2D eigenvalue weighted by Gasteiger charge is 2.54. The van der Waals surface area contributed by atoms with Crippen LogP contribution in [0.2, 0.25) is 0 Å². The zero-order valence-electron chi connectivity index (χ0n) is 15.1. The Morgan fingerprint density at radius 3 is 2.52 bits per heavy atom. The second-order valence-electron chi connectivity index (χ2n) is 7.92. The van der Waals surface area contributed by atoms with Crippen LogP contribution in [0, 0.1) is 6.92 Å². The van der Waals surface area contributed by atoms with E-state index < -0.39 is 5.60 Å². The van der Waals surface area contributed by atoms with Gasteiger partial charge in [0, 0.05) is 23.3 Å². The van der Waals surface area contributed by atoms with E-state index in [2.05, 4.69) is 20.4 Å². The van der Waals surface area contributed by atoms with E-state index >= 15 is 0 Å². The average molecular weight is 363 g/mol. The van der Waals surface area contributed by atoms with E-state index in [-0.39, 0.29) is 11.4 Å². The molecule has 2 aliphatic carbocycles. The highest BCUT2D eigenvalue weighted by molar-refractivity contribution is 5.94. The Hall–Kier alpha value is -2.80. The summed E-state index contributed by atoms with van der Waals surface area (Å²) in [7, 11) is 0. The van der Waals surface area contributed by atoms with Crippen LogP contribution in [0.15, 0.2) is 36.7 Å². The number of hydrogen-bond donors (Lipinski definition) is 2. The number of fused-ring (bicyclic) bond motifs is 3. The molecule has 1 amide bonds. The largest absolute Gasteiger partial charge is 0.390 e. The summed E-state index contributed by atoms with van der Waals surface area (Å²) >= 11 is 0. The van der Waals surface area contributed by atoms with E-state index in [4.69, 9.17) is 0 Å². The summed E-state index contributed by atoms with van der Waals surface area (Å²) in [6.07, 6.45) is 6.89. The van der Waals surface area contributed by atoms with Crippen molar-refractivity contribution in [1.82, 2.24) is 25.1 Å². The second kappa shape index (κ2) is 5.60. The summed E-state index contributed by atoms with van der Waals surface area (Å²) in [6, 6.07) is 7.91. The third kappa shape index (κ3) is 2.61. The number of carbonyl (C=O) groups excluding carboxylic acids is 1. The molecule has 27 heavy (non-hydrogen) atoms. The summed E-state index contributed by atoms with van der Waals surface area (Å²) < 4.78 is 1.69. The maximum atomic E-state index is 12.7. The lowest BCUT2D eigenvalue weighted by Crippen LogP contribution is -2.45. The van der Waals surface area contributed by atoms with Crippen LogP contribution in [0.3, 0.4) is 0 Å². The van der Waals surface area contributed by atoms with Gasteiger partial charge in [-0.2, -0.15) is 9.78 Å². The van der Waals surface area contributed by atoms with Gasteiger partial charge >= 0.3 is 0 Å². The Morgan fingerprint density at radius 1 is 1.15 bits per heavy atom. The minimum atomic E-state index is -0.591. The van der Waals surface area contributed by atoms with Crippen molar-refractivity contribution in [3.63, 3.8) is 0 Å². The van der Waals surface area contributed by atoms with E-state index in [9.17, 15) is 9.90 Å². The molecule has 2 aliphatic rings. The molecular formula is C20H21N5O2. The summed E-state index contributed by atoms with van der Waals surface area (Å²) in [5.41, 5.74) is 1.39. The van der Waals surface area contributed by atoms with Gasteiger partial charge in [0.15, 0.2) is 0 Å². The topological polar surface area (TPSA) is 92.9 Å². The van der Waals surface area contributed by atoms with E-state index in [0.717, 1.165) is 42.3 Å². The number of carbonyl (C=O) groups is 1. The Kier molecular flexibility index (Phi) is 3.40. The molecule has 7 nitrogen and oxygen atoms in total. The number of hydrogen-bond acceptors (Lipinski definition) is 5. The molecule has 1 aromatic carbocycles. The first-order valence-electron chi connectivity index (χ1n) is 9.29. The van der Waals surface area contributed by atoms with Crippen LogP contribution in [0.1, 0.15) is 48.2 Å². The predicted octanol–water partition coefficient (Wildman–Crippen LogP) is 2.30. The molecule has 0 aliphatic heterocycles. The number of para-hydroxylation sites is 1. The lowest BCUT2D eigenvalue weighted by atomic mass is 9.92. The molecule has 3 aromatic rings. The number of aliphatic hydroxyl groups is 1. The number of amides is 1. The Bertz CT molecular complexity index is 1030. The monoisotopic (exact) mass is 363 g/mol. The lowest BCUT2D eigenvalue weighted by Gasteiger charge is -2.27. The predicted molar refractivity (Wildman–Crippen MR) is 99.6 cm³/mol. The second-order valence-corrected chi connectivity index (χ2v) is 7.92. The van der Waals surface area contributed by atoms with Crippen LogP contribution in [0.5, 0.6) is 0 Å². The fourth-order valence-corrected chi connectivity index (χ4v) is 4.58. The first kappa shape index (κ1) is 16.4. The molecule has 2 heterocycles. The number of nitrogens with one attached hydrogen (secondary N) is 1. The van der Waals surface area contributed by atoms with Gasteiger partial charge in [0.2, 0.25) is 0 Å². The van der Waals surface area contributed by atoms with Crippen LogP contribution in [-0.4, -0.2) is 41.9 Å². The molecule has 2 aromatic heterocycles. The number of aryl methyl sites for hydroxylation is 1. The van der Waals surface area contributed by atoms with Crippen LogP contribution in [0.4, 0.5) is 0 Å². The van der Waals surface area contributed by atoms with E-state index in [1.54, 1.807) is 4.68 Å². The quantitative estimate of drug-likeness (QED) is 0.745. The molecule has 0 saturated heterocycles. The fraction of sp³-hybridized carbons (Fsp3) is 0.400. The zero-order valence-corrected chi connectivity index (χ0v) is 15.1. The fourth-order valence-electron chi connectivity index (χ4n) is 4.58. The summed E-state index contributed by atoms with van der Waals surface area (Å²) in [5, 5.41) is 19.0. The molecular weight excluding hydrogens is 342 g/mol. The van der Waals surface area contributed by atoms with Gasteiger partial charge in [0.1, 0.15) is 0 Å². The van der Waals surface area contributed by atoms with Crippen LogP contribution in [0.25, 0.3) is 16.9 Å². The number of aromatic nitrogens is 4. The third-order valence-electron chi connectivity index (χ3n) is 6.05. The molecule has 0 atom stereocenters. The summed E-state index contributed by atoms with van der Waals surface area (Å²) in [6.45, 7) is 1.95. The van der Waals surface area contributed by atoms with E-state index in [1.807, 2.05) is 31.2 Å². The Morgan fingerprint density at radius 2 is 1.85 bits per heavy atom. The van der Waals surface area contributed by atoms with Crippen molar-refractivity contribution in [2.75, 3.05) is 0 Å². The van der Waals surface area contributed by atoms with Gasteiger partial charge in [-0.15, -0.1) is 0 Å². The van der Waals surface area contributed by atoms with Gasteiger partial charge in [-0.05, 0) is 45.1 Å². The lowest BCUT2D eigenvalue weighted by molar-refractivity contribution is 0.0521. The van der Waals surface area contributed by atoms with Crippen molar-refractivity contribution >= 4 is 16.8 Å². The SMILES string of the molecule is Cc1nn(-c2ncc(C(=O)NC34CCC(O)(CC3)C4)cn2)c2ccccc12. The van der Waals surface area contributed by atoms with Gasteiger partial charge in [-0.3, -0.25) is 4.79 Å². The standard InChI is InChI=1S/C20H21N5O2/c1-13-15-4-2-3-5-16(15)25(24-13)18-21-10-14(11-22-18)17(26)23-19-6-8-20(27,12-19)9-7-19/h2-5,10-11,27H,6-9,12H2,1H3,(H,23,26). The molecule has 2 fully saturated rings. The van der Waals surface area contributed by atoms with Crippen molar-refractivity contribution in [2.24, 2.45) is 0 Å². The summed E-state index contributed by atoms with van der Waals surface area (Å²) in [4.78, 5) is 21.4. The van der Waals surface area contributed by atoms with Gasteiger partial charge in [-0.25, -0.2) is 9.97 Å². The van der Waals surface area contributed by atoms with Crippen molar-refractivity contribution in [2.45, 2.75) is 50.2 Å². The molecule has 2 bridgehead atoms. The van der Waals surface area contributed by atoms with E-state index in [1.165, 1.54) is 12.4 Å². The van der Waals surface area contributed by atoms with E-state index in [0.29, 0.717) is 17.9 Å². The maximum absolute atomic E-state index is 12.7. The van der Waals surface area contributed by atoms with Gasteiger partial charge in [0.05, 0.1) is 22.4 Å². The minimum Gasteiger partial charge on any atom is -0.390 e. The smallest absolute Gasteiger partial charge is 0.254 e. The zero-order chi connectivity index (χ0) is 18.6. The molecule has 138 valence electrons.